The summed E-state index contributed by atoms with van der Waals surface area (Å²) in [6.07, 6.45) is 4.76. The van der Waals surface area contributed by atoms with E-state index in [2.05, 4.69) is 0 Å². The van der Waals surface area contributed by atoms with Crippen LogP contribution in [-0.4, -0.2) is 23.9 Å². The molecule has 0 aromatic rings. The third-order valence-electron chi connectivity index (χ3n) is 2.74. The van der Waals surface area contributed by atoms with Crippen LogP contribution in [0, 0.1) is 5.92 Å². The summed E-state index contributed by atoms with van der Waals surface area (Å²) in [7, 11) is 0. The Hall–Kier alpha value is -0.0800. The van der Waals surface area contributed by atoms with Crippen LogP contribution < -0.4 is 0 Å². The zero-order valence-corrected chi connectivity index (χ0v) is 6.12. The van der Waals surface area contributed by atoms with Crippen LogP contribution in [0.15, 0.2) is 0 Å². The van der Waals surface area contributed by atoms with Gasteiger partial charge < -0.3 is 9.84 Å². The highest BCUT2D eigenvalue weighted by Crippen LogP contribution is 2.34. The monoisotopic (exact) mass is 142 g/mol. The molecule has 1 aliphatic heterocycles. The summed E-state index contributed by atoms with van der Waals surface area (Å²) >= 11 is 0. The maximum atomic E-state index is 9.50. The second-order valence-electron chi connectivity index (χ2n) is 3.36. The third-order valence-corrected chi connectivity index (χ3v) is 2.74. The smallest absolute Gasteiger partial charge is 0.0628 e. The fourth-order valence-electron chi connectivity index (χ4n) is 2.16. The maximum absolute atomic E-state index is 9.50. The van der Waals surface area contributed by atoms with E-state index in [1.165, 1.54) is 19.3 Å². The molecule has 0 aromatic heterocycles. The summed E-state index contributed by atoms with van der Waals surface area (Å²) in [6, 6.07) is 0. The Morgan fingerprint density at radius 2 is 2.10 bits per heavy atom. The lowest BCUT2D eigenvalue weighted by Gasteiger charge is -2.30. The van der Waals surface area contributed by atoms with Gasteiger partial charge in [-0.25, -0.2) is 0 Å². The van der Waals surface area contributed by atoms with Gasteiger partial charge in [0.2, 0.25) is 0 Å². The largest absolute Gasteiger partial charge is 0.393 e. The third kappa shape index (κ3) is 0.956. The maximum Gasteiger partial charge on any atom is 0.0628 e. The number of aliphatic hydroxyl groups excluding tert-OH is 1. The van der Waals surface area contributed by atoms with Gasteiger partial charge in [-0.15, -0.1) is 0 Å². The lowest BCUT2D eigenvalue weighted by Crippen LogP contribution is -2.35. The molecule has 2 rings (SSSR count). The molecule has 3 atom stereocenters. The van der Waals surface area contributed by atoms with Crippen LogP contribution in [-0.2, 0) is 4.74 Å². The SMILES string of the molecule is OC1CCO[C@@H]2CCC[C@H]12. The summed E-state index contributed by atoms with van der Waals surface area (Å²) in [4.78, 5) is 0. The summed E-state index contributed by atoms with van der Waals surface area (Å²) in [5.74, 6) is 0.466. The normalized spacial score (nSPS) is 47.1. The average molecular weight is 142 g/mol. The molecule has 0 bridgehead atoms. The van der Waals surface area contributed by atoms with Crippen LogP contribution in [0.1, 0.15) is 25.7 Å². The van der Waals surface area contributed by atoms with Crippen LogP contribution in [0.4, 0.5) is 0 Å². The van der Waals surface area contributed by atoms with Crippen molar-refractivity contribution in [3.8, 4) is 0 Å². The quantitative estimate of drug-likeness (QED) is 0.545. The van der Waals surface area contributed by atoms with Gasteiger partial charge in [0.05, 0.1) is 12.2 Å². The van der Waals surface area contributed by atoms with Gasteiger partial charge in [0.25, 0.3) is 0 Å². The zero-order valence-electron chi connectivity index (χ0n) is 6.12. The Morgan fingerprint density at radius 1 is 1.20 bits per heavy atom. The molecule has 1 N–H and O–H groups in total. The van der Waals surface area contributed by atoms with Gasteiger partial charge in [-0.3, -0.25) is 0 Å². The van der Waals surface area contributed by atoms with Crippen LogP contribution in [0.5, 0.6) is 0 Å². The molecular weight excluding hydrogens is 128 g/mol. The number of ether oxygens (including phenoxy) is 1. The van der Waals surface area contributed by atoms with Gasteiger partial charge in [-0.1, -0.05) is 6.42 Å². The molecule has 2 aliphatic rings. The molecule has 2 fully saturated rings. The zero-order chi connectivity index (χ0) is 6.97. The van der Waals surface area contributed by atoms with Crippen molar-refractivity contribution in [2.24, 2.45) is 5.92 Å². The van der Waals surface area contributed by atoms with Gasteiger partial charge in [0, 0.05) is 12.5 Å². The molecule has 1 unspecified atom stereocenters. The van der Waals surface area contributed by atoms with Crippen LogP contribution >= 0.6 is 0 Å². The van der Waals surface area contributed by atoms with E-state index in [9.17, 15) is 5.11 Å². The van der Waals surface area contributed by atoms with Crippen molar-refractivity contribution in [2.45, 2.75) is 37.9 Å². The van der Waals surface area contributed by atoms with E-state index in [-0.39, 0.29) is 6.10 Å². The molecular formula is C8H14O2. The molecule has 1 heterocycles. The molecule has 2 nitrogen and oxygen atoms in total. The van der Waals surface area contributed by atoms with E-state index in [4.69, 9.17) is 4.74 Å². The standard InChI is InChI=1S/C8H14O2/c9-7-4-5-10-8-3-1-2-6(7)8/h6-9H,1-5H2/t6-,7?,8-/m1/s1. The van der Waals surface area contributed by atoms with Crippen molar-refractivity contribution in [2.75, 3.05) is 6.61 Å². The second-order valence-corrected chi connectivity index (χ2v) is 3.36. The molecule has 1 aliphatic carbocycles. The number of hydrogen-bond donors (Lipinski definition) is 1. The minimum absolute atomic E-state index is 0.0683. The van der Waals surface area contributed by atoms with Gasteiger partial charge in [0.1, 0.15) is 0 Å². The topological polar surface area (TPSA) is 29.5 Å². The van der Waals surface area contributed by atoms with E-state index in [0.29, 0.717) is 12.0 Å². The van der Waals surface area contributed by atoms with Crippen molar-refractivity contribution in [1.82, 2.24) is 0 Å². The summed E-state index contributed by atoms with van der Waals surface area (Å²) in [6.45, 7) is 0.766. The minimum Gasteiger partial charge on any atom is -0.393 e. The summed E-state index contributed by atoms with van der Waals surface area (Å²) in [5, 5.41) is 9.50. The Labute approximate surface area is 61.2 Å². The number of fused-ring (bicyclic) bond motifs is 1. The van der Waals surface area contributed by atoms with Gasteiger partial charge in [-0.2, -0.15) is 0 Å². The van der Waals surface area contributed by atoms with E-state index in [0.717, 1.165) is 13.0 Å². The first-order valence-electron chi connectivity index (χ1n) is 4.17. The minimum atomic E-state index is -0.0683. The Kier molecular flexibility index (Phi) is 1.66. The Bertz CT molecular complexity index is 124. The molecule has 0 radical (unpaired) electrons. The average Bonchev–Trinajstić information content (AvgIpc) is 2.36. The predicted molar refractivity (Wildman–Crippen MR) is 37.7 cm³/mol. The Balaban J connectivity index is 2.03. The molecule has 0 amide bonds. The number of hydrogen-bond acceptors (Lipinski definition) is 2. The van der Waals surface area contributed by atoms with Crippen molar-refractivity contribution in [1.29, 1.82) is 0 Å². The number of aliphatic hydroxyl groups is 1. The molecule has 10 heavy (non-hydrogen) atoms. The number of rotatable bonds is 0. The molecule has 58 valence electrons. The summed E-state index contributed by atoms with van der Waals surface area (Å²) < 4.78 is 5.51. The van der Waals surface area contributed by atoms with E-state index in [1.54, 1.807) is 0 Å². The Morgan fingerprint density at radius 3 is 2.90 bits per heavy atom. The van der Waals surface area contributed by atoms with E-state index < -0.39 is 0 Å². The van der Waals surface area contributed by atoms with Crippen molar-refractivity contribution < 1.29 is 9.84 Å². The van der Waals surface area contributed by atoms with Gasteiger partial charge >= 0.3 is 0 Å². The summed E-state index contributed by atoms with van der Waals surface area (Å²) in [5.41, 5.74) is 0. The highest BCUT2D eigenvalue weighted by Gasteiger charge is 2.36. The van der Waals surface area contributed by atoms with Gasteiger partial charge in [-0.05, 0) is 19.3 Å². The molecule has 1 saturated carbocycles. The van der Waals surface area contributed by atoms with Gasteiger partial charge in [0.15, 0.2) is 0 Å². The highest BCUT2D eigenvalue weighted by molar-refractivity contribution is 4.86. The van der Waals surface area contributed by atoms with Crippen LogP contribution in [0.3, 0.4) is 0 Å². The van der Waals surface area contributed by atoms with Crippen LogP contribution in [0.25, 0.3) is 0 Å². The highest BCUT2D eigenvalue weighted by atomic mass is 16.5. The first-order valence-corrected chi connectivity index (χ1v) is 4.17. The lowest BCUT2D eigenvalue weighted by atomic mass is 9.94. The van der Waals surface area contributed by atoms with Crippen LogP contribution in [0.2, 0.25) is 0 Å². The van der Waals surface area contributed by atoms with E-state index in [1.807, 2.05) is 0 Å². The predicted octanol–water partition coefficient (Wildman–Crippen LogP) is 0.936. The van der Waals surface area contributed by atoms with Crippen molar-refractivity contribution in [3.63, 3.8) is 0 Å². The molecule has 0 spiro atoms. The lowest BCUT2D eigenvalue weighted by molar-refractivity contribution is -0.0765. The molecule has 2 heteroatoms. The van der Waals surface area contributed by atoms with Crippen molar-refractivity contribution >= 4 is 0 Å². The molecule has 1 saturated heterocycles. The fraction of sp³-hybridized carbons (Fsp3) is 1.00. The van der Waals surface area contributed by atoms with Crippen molar-refractivity contribution in [3.05, 3.63) is 0 Å². The second kappa shape index (κ2) is 2.51. The fourth-order valence-corrected chi connectivity index (χ4v) is 2.16. The van der Waals surface area contributed by atoms with E-state index >= 15 is 0 Å². The molecule has 0 aromatic carbocycles. The first kappa shape index (κ1) is 6.62. The first-order chi connectivity index (χ1) is 4.88.